The summed E-state index contributed by atoms with van der Waals surface area (Å²) in [6, 6.07) is 12.9. The minimum atomic E-state index is -0.377. The van der Waals surface area contributed by atoms with Crippen LogP contribution in [0.15, 0.2) is 48.5 Å². The van der Waals surface area contributed by atoms with Gasteiger partial charge in [0.25, 0.3) is 5.91 Å². The molecule has 7 heteroatoms. The Morgan fingerprint density at radius 1 is 1.03 bits per heavy atom. The van der Waals surface area contributed by atoms with Gasteiger partial charge in [-0.1, -0.05) is 17.7 Å². The lowest BCUT2D eigenvalue weighted by molar-refractivity contribution is 0.0951. The topological polar surface area (TPSA) is 73.6 Å². The predicted octanol–water partition coefficient (Wildman–Crippen LogP) is 4.98. The molecule has 0 aromatic heterocycles. The molecule has 0 aliphatic carbocycles. The van der Waals surface area contributed by atoms with E-state index in [1.807, 2.05) is 0 Å². The second-order valence-electron chi connectivity index (χ2n) is 6.78. The summed E-state index contributed by atoms with van der Waals surface area (Å²) >= 11 is 6.25. The Balaban J connectivity index is 1.89. The highest BCUT2D eigenvalue weighted by Crippen LogP contribution is 2.34. The van der Waals surface area contributed by atoms with Crippen LogP contribution in [-0.4, -0.2) is 20.1 Å². The molecule has 5 nitrogen and oxygen atoms in total. The number of anilines is 1. The van der Waals surface area contributed by atoms with Crippen molar-refractivity contribution in [1.29, 1.82) is 0 Å². The minimum Gasteiger partial charge on any atom is -0.497 e. The standard InChI is InChI=1S/C23H22ClFN2O3/c1-13-6-16(25)4-5-19(13)20-9-15(24)10-21(22(20)26)23(28)27-12-14-7-17(29-2)11-18(8-14)30-3/h4-11H,12,26H2,1-3H3,(H,27,28). The van der Waals surface area contributed by atoms with Crippen LogP contribution >= 0.6 is 11.6 Å². The Morgan fingerprint density at radius 2 is 1.70 bits per heavy atom. The van der Waals surface area contributed by atoms with Crippen molar-refractivity contribution in [2.75, 3.05) is 20.0 Å². The zero-order chi connectivity index (χ0) is 21.8. The van der Waals surface area contributed by atoms with Crippen LogP contribution in [0.1, 0.15) is 21.5 Å². The van der Waals surface area contributed by atoms with Gasteiger partial charge in [-0.15, -0.1) is 0 Å². The van der Waals surface area contributed by atoms with Crippen molar-refractivity contribution in [3.8, 4) is 22.6 Å². The fourth-order valence-electron chi connectivity index (χ4n) is 3.20. The molecule has 0 bridgehead atoms. The molecule has 1 amide bonds. The number of nitrogen functional groups attached to an aromatic ring is 1. The van der Waals surface area contributed by atoms with Crippen molar-refractivity contribution in [2.24, 2.45) is 0 Å². The number of benzene rings is 3. The number of carbonyl (C=O) groups is 1. The Bertz CT molecular complexity index is 1080. The van der Waals surface area contributed by atoms with Crippen molar-refractivity contribution in [3.63, 3.8) is 0 Å². The van der Waals surface area contributed by atoms with E-state index in [9.17, 15) is 9.18 Å². The maximum absolute atomic E-state index is 13.5. The summed E-state index contributed by atoms with van der Waals surface area (Å²) in [7, 11) is 3.12. The smallest absolute Gasteiger partial charge is 0.253 e. The number of hydrogen-bond donors (Lipinski definition) is 2. The predicted molar refractivity (Wildman–Crippen MR) is 117 cm³/mol. The number of aryl methyl sites for hydroxylation is 1. The van der Waals surface area contributed by atoms with Gasteiger partial charge in [0.2, 0.25) is 0 Å². The van der Waals surface area contributed by atoms with Crippen molar-refractivity contribution in [3.05, 3.63) is 76.1 Å². The third-order valence-electron chi connectivity index (χ3n) is 4.73. The van der Waals surface area contributed by atoms with Gasteiger partial charge in [0.15, 0.2) is 0 Å². The van der Waals surface area contributed by atoms with Gasteiger partial charge in [0, 0.05) is 23.2 Å². The van der Waals surface area contributed by atoms with Gasteiger partial charge in [-0.2, -0.15) is 0 Å². The molecule has 0 aliphatic heterocycles. The van der Waals surface area contributed by atoms with Crippen LogP contribution in [0, 0.1) is 12.7 Å². The van der Waals surface area contributed by atoms with Crippen LogP contribution in [0.5, 0.6) is 11.5 Å². The quantitative estimate of drug-likeness (QED) is 0.543. The summed E-state index contributed by atoms with van der Waals surface area (Å²) < 4.78 is 24.0. The molecule has 0 saturated heterocycles. The first kappa shape index (κ1) is 21.5. The molecule has 0 aliphatic rings. The third kappa shape index (κ3) is 4.66. The van der Waals surface area contributed by atoms with Gasteiger partial charge in [-0.05, 0) is 60.0 Å². The van der Waals surface area contributed by atoms with Gasteiger partial charge in [-0.3, -0.25) is 4.79 Å². The van der Waals surface area contributed by atoms with E-state index >= 15 is 0 Å². The first-order chi connectivity index (χ1) is 14.3. The normalized spacial score (nSPS) is 10.6. The molecule has 0 radical (unpaired) electrons. The largest absolute Gasteiger partial charge is 0.497 e. The molecule has 0 heterocycles. The number of halogens is 2. The summed E-state index contributed by atoms with van der Waals surface area (Å²) in [4.78, 5) is 12.9. The molecule has 3 aromatic rings. The van der Waals surface area contributed by atoms with Crippen molar-refractivity contribution >= 4 is 23.2 Å². The first-order valence-corrected chi connectivity index (χ1v) is 9.56. The minimum absolute atomic E-state index is 0.239. The van der Waals surface area contributed by atoms with Crippen molar-refractivity contribution < 1.29 is 18.7 Å². The highest BCUT2D eigenvalue weighted by atomic mass is 35.5. The van der Waals surface area contributed by atoms with E-state index in [-0.39, 0.29) is 29.5 Å². The Labute approximate surface area is 179 Å². The number of amides is 1. The van der Waals surface area contributed by atoms with Gasteiger partial charge in [0.1, 0.15) is 17.3 Å². The molecule has 0 spiro atoms. The average Bonchev–Trinajstić information content (AvgIpc) is 2.73. The van der Waals surface area contributed by atoms with Gasteiger partial charge in [0.05, 0.1) is 25.5 Å². The number of carbonyl (C=O) groups excluding carboxylic acids is 1. The summed E-state index contributed by atoms with van der Waals surface area (Å²) in [5, 5.41) is 3.20. The first-order valence-electron chi connectivity index (χ1n) is 9.18. The highest BCUT2D eigenvalue weighted by molar-refractivity contribution is 6.31. The molecule has 3 rings (SSSR count). The molecular weight excluding hydrogens is 407 g/mol. The molecule has 30 heavy (non-hydrogen) atoms. The Morgan fingerprint density at radius 3 is 2.30 bits per heavy atom. The Kier molecular flexibility index (Phi) is 6.47. The molecule has 0 saturated carbocycles. The van der Waals surface area contributed by atoms with Crippen molar-refractivity contribution in [1.82, 2.24) is 5.32 Å². The number of methoxy groups -OCH3 is 2. The van der Waals surface area contributed by atoms with E-state index in [0.29, 0.717) is 33.2 Å². The number of rotatable bonds is 6. The fraction of sp³-hybridized carbons (Fsp3) is 0.174. The molecule has 3 N–H and O–H groups in total. The second-order valence-corrected chi connectivity index (χ2v) is 7.21. The lowest BCUT2D eigenvalue weighted by atomic mass is 9.96. The van der Waals surface area contributed by atoms with Gasteiger partial charge in [-0.25, -0.2) is 4.39 Å². The third-order valence-corrected chi connectivity index (χ3v) is 4.95. The number of nitrogens with one attached hydrogen (secondary N) is 1. The van der Waals surface area contributed by atoms with E-state index in [1.54, 1.807) is 51.5 Å². The van der Waals surface area contributed by atoms with Crippen LogP contribution in [0.2, 0.25) is 5.02 Å². The summed E-state index contributed by atoms with van der Waals surface area (Å²) in [5.41, 5.74) is 9.60. The summed E-state index contributed by atoms with van der Waals surface area (Å²) in [5.74, 6) is 0.520. The summed E-state index contributed by atoms with van der Waals surface area (Å²) in [6.45, 7) is 2.01. The molecule has 0 atom stereocenters. The number of ether oxygens (including phenoxy) is 2. The number of nitrogens with two attached hydrogens (primary N) is 1. The lowest BCUT2D eigenvalue weighted by Gasteiger charge is -2.15. The van der Waals surface area contributed by atoms with E-state index in [1.165, 1.54) is 18.2 Å². The maximum Gasteiger partial charge on any atom is 0.253 e. The van der Waals surface area contributed by atoms with Crippen LogP contribution in [-0.2, 0) is 6.54 Å². The fourth-order valence-corrected chi connectivity index (χ4v) is 3.42. The molecule has 0 unspecified atom stereocenters. The highest BCUT2D eigenvalue weighted by Gasteiger charge is 2.17. The van der Waals surface area contributed by atoms with Crippen molar-refractivity contribution in [2.45, 2.75) is 13.5 Å². The Hall–Kier alpha value is -3.25. The lowest BCUT2D eigenvalue weighted by Crippen LogP contribution is -2.24. The van der Waals surface area contributed by atoms with E-state index < -0.39 is 0 Å². The second kappa shape index (κ2) is 9.05. The van der Waals surface area contributed by atoms with Gasteiger partial charge < -0.3 is 20.5 Å². The zero-order valence-electron chi connectivity index (χ0n) is 16.9. The maximum atomic E-state index is 13.5. The van der Waals surface area contributed by atoms with Crippen LogP contribution in [0.4, 0.5) is 10.1 Å². The van der Waals surface area contributed by atoms with Crippen LogP contribution in [0.25, 0.3) is 11.1 Å². The van der Waals surface area contributed by atoms with Gasteiger partial charge >= 0.3 is 0 Å². The summed E-state index contributed by atoms with van der Waals surface area (Å²) in [6.07, 6.45) is 0. The molecule has 0 fully saturated rings. The number of hydrogen-bond acceptors (Lipinski definition) is 4. The molecule has 156 valence electrons. The van der Waals surface area contributed by atoms with Crippen LogP contribution in [0.3, 0.4) is 0 Å². The van der Waals surface area contributed by atoms with E-state index in [2.05, 4.69) is 5.32 Å². The zero-order valence-corrected chi connectivity index (χ0v) is 17.6. The van der Waals surface area contributed by atoms with E-state index in [4.69, 9.17) is 26.8 Å². The van der Waals surface area contributed by atoms with Crippen LogP contribution < -0.4 is 20.5 Å². The SMILES string of the molecule is COc1cc(CNC(=O)c2cc(Cl)cc(-c3ccc(F)cc3C)c2N)cc(OC)c1. The van der Waals surface area contributed by atoms with E-state index in [0.717, 1.165) is 5.56 Å². The monoisotopic (exact) mass is 428 g/mol. The molecule has 3 aromatic carbocycles. The molecular formula is C23H22ClFN2O3. The average molecular weight is 429 g/mol.